The van der Waals surface area contributed by atoms with E-state index >= 15 is 0 Å². The summed E-state index contributed by atoms with van der Waals surface area (Å²) in [5.41, 5.74) is 0.228. The van der Waals surface area contributed by atoms with E-state index in [1.165, 1.54) is 10.8 Å². The van der Waals surface area contributed by atoms with Crippen molar-refractivity contribution in [3.8, 4) is 11.5 Å². The third-order valence-corrected chi connectivity index (χ3v) is 8.10. The summed E-state index contributed by atoms with van der Waals surface area (Å²) in [7, 11) is 3.17. The summed E-state index contributed by atoms with van der Waals surface area (Å²) in [6, 6.07) is 24.5. The fraction of sp³-hybridized carbons (Fsp3) is 0.314. The fourth-order valence-corrected chi connectivity index (χ4v) is 5.66. The molecule has 0 spiro atoms. The number of hydrogen-bond acceptors (Lipinski definition) is 9. The van der Waals surface area contributed by atoms with E-state index in [9.17, 15) is 19.2 Å². The number of nitrogens with zero attached hydrogens (tertiary/aromatic N) is 1. The molecule has 1 aliphatic heterocycles. The maximum Gasteiger partial charge on any atom is 0.330 e. The van der Waals surface area contributed by atoms with E-state index in [4.69, 9.17) is 28.8 Å². The van der Waals surface area contributed by atoms with Gasteiger partial charge in [-0.3, -0.25) is 23.9 Å². The fourth-order valence-electron chi connectivity index (χ4n) is 5.66. The zero-order valence-electron chi connectivity index (χ0n) is 26.2. The van der Waals surface area contributed by atoms with Crippen LogP contribution >= 0.6 is 0 Å². The average Bonchev–Trinajstić information content (AvgIpc) is 3.48. The van der Waals surface area contributed by atoms with Crippen molar-refractivity contribution in [1.29, 1.82) is 0 Å². The van der Waals surface area contributed by atoms with E-state index < -0.39 is 53.6 Å². The molecule has 12 nitrogen and oxygen atoms in total. The van der Waals surface area contributed by atoms with Crippen molar-refractivity contribution in [2.45, 2.75) is 50.2 Å². The number of aliphatic carboxylic acids is 1. The van der Waals surface area contributed by atoms with Gasteiger partial charge in [-0.2, -0.15) is 0 Å². The molecule has 0 bridgehead atoms. The van der Waals surface area contributed by atoms with Gasteiger partial charge in [-0.05, 0) is 47.9 Å². The lowest BCUT2D eigenvalue weighted by Crippen LogP contribution is -2.39. The lowest BCUT2D eigenvalue weighted by atomic mass is 9.80. The lowest BCUT2D eigenvalue weighted by molar-refractivity contribution is -0.157. The second kappa shape index (κ2) is 14.5. The highest BCUT2D eigenvalue weighted by Gasteiger charge is 2.44. The van der Waals surface area contributed by atoms with Crippen LogP contribution in [0.15, 0.2) is 94.6 Å². The van der Waals surface area contributed by atoms with Gasteiger partial charge in [-0.25, -0.2) is 4.79 Å². The van der Waals surface area contributed by atoms with Crippen molar-refractivity contribution in [3.05, 3.63) is 128 Å². The average molecular weight is 645 g/mol. The molecule has 0 aliphatic carbocycles. The van der Waals surface area contributed by atoms with Gasteiger partial charge in [0.15, 0.2) is 0 Å². The zero-order chi connectivity index (χ0) is 33.6. The van der Waals surface area contributed by atoms with Gasteiger partial charge < -0.3 is 28.8 Å². The Hall–Kier alpha value is -5.20. The van der Waals surface area contributed by atoms with Crippen molar-refractivity contribution < 1.29 is 38.4 Å². The largest absolute Gasteiger partial charge is 0.497 e. The first-order valence-electron chi connectivity index (χ1n) is 15.0. The molecule has 2 heterocycles. The number of aromatic nitrogens is 2. The molecule has 1 fully saturated rings. The number of carboxylic acid groups (broad SMARTS) is 1. The first kappa shape index (κ1) is 33.2. The van der Waals surface area contributed by atoms with Crippen LogP contribution in [0, 0.1) is 6.92 Å². The molecule has 3 atom stereocenters. The Balaban J connectivity index is 1.56. The number of H-pyrrole nitrogens is 1. The highest BCUT2D eigenvalue weighted by Crippen LogP contribution is 2.43. The van der Waals surface area contributed by atoms with Crippen LogP contribution in [-0.4, -0.2) is 59.6 Å². The van der Waals surface area contributed by atoms with Crippen LogP contribution in [0.1, 0.15) is 47.7 Å². The molecule has 12 heteroatoms. The Morgan fingerprint density at radius 2 is 1.47 bits per heavy atom. The molecule has 1 aliphatic rings. The van der Waals surface area contributed by atoms with E-state index in [0.29, 0.717) is 17.1 Å². The molecule has 5 rings (SSSR count). The first-order valence-corrected chi connectivity index (χ1v) is 15.0. The van der Waals surface area contributed by atoms with Crippen molar-refractivity contribution in [2.75, 3.05) is 20.8 Å². The highest BCUT2D eigenvalue weighted by atomic mass is 16.6. The number of aryl methyl sites for hydroxylation is 1. The van der Waals surface area contributed by atoms with Crippen molar-refractivity contribution in [2.24, 2.45) is 0 Å². The normalized spacial score (nSPS) is 17.6. The van der Waals surface area contributed by atoms with Gasteiger partial charge in [0.25, 0.3) is 5.56 Å². The van der Waals surface area contributed by atoms with Crippen LogP contribution in [0.2, 0.25) is 0 Å². The minimum atomic E-state index is -1.20. The SMILES string of the molecule is COc1ccc(C(OC[C@H]2O[C@@H](n3cc(C)c(=O)[nH]c3=O)C[C@@H]2OC(=O)CCC(=O)O)(c2ccccc2)c2ccc(OC)cc2)cc1. The Bertz CT molecular complexity index is 1750. The van der Waals surface area contributed by atoms with E-state index in [1.54, 1.807) is 21.1 Å². The number of esters is 1. The lowest BCUT2D eigenvalue weighted by Gasteiger charge is -2.37. The Labute approximate surface area is 270 Å². The number of rotatable bonds is 13. The standard InChI is InChI=1S/C35H36N2O10/c1-22-20-37(34(42)36-33(22)41)30-19-28(47-32(40)18-17-31(38)39)29(46-30)21-45-35(23-7-5-4-6-8-23,24-9-13-26(43-2)14-10-24)25-11-15-27(44-3)16-12-25/h4-16,20,28-30H,17-19,21H2,1-3H3,(H,38,39)(H,36,41,42)/t28-,29+,30+/m0/s1. The van der Waals surface area contributed by atoms with Gasteiger partial charge in [-0.15, -0.1) is 0 Å². The van der Waals surface area contributed by atoms with Gasteiger partial charge in [0, 0.05) is 18.2 Å². The van der Waals surface area contributed by atoms with E-state index in [-0.39, 0.29) is 19.4 Å². The molecule has 3 aromatic carbocycles. The molecule has 0 amide bonds. The molecule has 1 aromatic heterocycles. The summed E-state index contributed by atoms with van der Waals surface area (Å²) in [6.45, 7) is 1.45. The van der Waals surface area contributed by atoms with E-state index in [1.807, 2.05) is 78.9 Å². The Morgan fingerprint density at radius 3 is 2.02 bits per heavy atom. The maximum absolute atomic E-state index is 12.8. The summed E-state index contributed by atoms with van der Waals surface area (Å²) in [6.07, 6.45) is -1.98. The molecule has 246 valence electrons. The molecule has 2 N–H and O–H groups in total. The molecule has 4 aromatic rings. The van der Waals surface area contributed by atoms with Crippen LogP contribution in [0.3, 0.4) is 0 Å². The third-order valence-electron chi connectivity index (χ3n) is 8.10. The predicted molar refractivity (Wildman–Crippen MR) is 170 cm³/mol. The number of aromatic amines is 1. The quantitative estimate of drug-likeness (QED) is 0.162. The minimum absolute atomic E-state index is 0.0572. The van der Waals surface area contributed by atoms with Gasteiger partial charge in [0.1, 0.15) is 35.5 Å². The van der Waals surface area contributed by atoms with E-state index in [2.05, 4.69) is 4.98 Å². The molecule has 0 radical (unpaired) electrons. The maximum atomic E-state index is 12.8. The van der Waals surface area contributed by atoms with Crippen LogP contribution in [0.4, 0.5) is 0 Å². The Morgan fingerprint density at radius 1 is 0.894 bits per heavy atom. The number of carbonyl (C=O) groups is 2. The molecular weight excluding hydrogens is 608 g/mol. The first-order chi connectivity index (χ1) is 22.6. The predicted octanol–water partition coefficient (Wildman–Crippen LogP) is 3.94. The molecule has 47 heavy (non-hydrogen) atoms. The minimum Gasteiger partial charge on any atom is -0.497 e. The number of hydrogen-bond donors (Lipinski definition) is 2. The smallest absolute Gasteiger partial charge is 0.330 e. The van der Waals surface area contributed by atoms with Crippen LogP contribution < -0.4 is 20.7 Å². The Kier molecular flexibility index (Phi) is 10.2. The number of carboxylic acids is 1. The summed E-state index contributed by atoms with van der Waals surface area (Å²) in [4.78, 5) is 50.9. The van der Waals surface area contributed by atoms with Gasteiger partial charge in [0.05, 0.1) is 33.7 Å². The third kappa shape index (κ3) is 7.29. The molecular formula is C35H36N2O10. The number of benzene rings is 3. The highest BCUT2D eigenvalue weighted by molar-refractivity contribution is 5.76. The molecule has 1 saturated heterocycles. The van der Waals surface area contributed by atoms with Gasteiger partial charge in [0.2, 0.25) is 0 Å². The number of methoxy groups -OCH3 is 2. The van der Waals surface area contributed by atoms with Crippen LogP contribution in [0.5, 0.6) is 11.5 Å². The summed E-state index contributed by atoms with van der Waals surface area (Å²) in [5.74, 6) is -0.551. The van der Waals surface area contributed by atoms with Crippen molar-refractivity contribution >= 4 is 11.9 Å². The summed E-state index contributed by atoms with van der Waals surface area (Å²) in [5, 5.41) is 9.07. The topological polar surface area (TPSA) is 155 Å². The van der Waals surface area contributed by atoms with Crippen LogP contribution in [0.25, 0.3) is 0 Å². The second-order valence-corrected chi connectivity index (χ2v) is 11.1. The van der Waals surface area contributed by atoms with E-state index in [0.717, 1.165) is 16.7 Å². The van der Waals surface area contributed by atoms with Crippen molar-refractivity contribution in [3.63, 3.8) is 0 Å². The molecule has 0 saturated carbocycles. The molecule has 0 unspecified atom stereocenters. The zero-order valence-corrected chi connectivity index (χ0v) is 26.2. The summed E-state index contributed by atoms with van der Waals surface area (Å²) >= 11 is 0. The number of carbonyl (C=O) groups excluding carboxylic acids is 1. The number of nitrogens with one attached hydrogen (secondary N) is 1. The van der Waals surface area contributed by atoms with Crippen LogP contribution in [-0.2, 0) is 29.4 Å². The monoisotopic (exact) mass is 644 g/mol. The van der Waals surface area contributed by atoms with Gasteiger partial charge in [-0.1, -0.05) is 54.6 Å². The second-order valence-electron chi connectivity index (χ2n) is 11.1. The number of ether oxygens (including phenoxy) is 5. The summed E-state index contributed by atoms with van der Waals surface area (Å²) < 4.78 is 31.1. The van der Waals surface area contributed by atoms with Gasteiger partial charge >= 0.3 is 17.6 Å². The van der Waals surface area contributed by atoms with Crippen molar-refractivity contribution in [1.82, 2.24) is 9.55 Å².